The molecule has 0 aliphatic carbocycles. The molecule has 0 saturated heterocycles. The summed E-state index contributed by atoms with van der Waals surface area (Å²) in [6.45, 7) is 3.66. The molecule has 1 unspecified atom stereocenters. The molecule has 3 heteroatoms. The van der Waals surface area contributed by atoms with Gasteiger partial charge in [-0.05, 0) is 42.2 Å². The van der Waals surface area contributed by atoms with E-state index in [1.165, 1.54) is 16.8 Å². The van der Waals surface area contributed by atoms with Crippen LogP contribution in [0, 0.1) is 18.3 Å². The first-order valence-electron chi connectivity index (χ1n) is 7.20. The van der Waals surface area contributed by atoms with Gasteiger partial charge in [0.25, 0.3) is 0 Å². The van der Waals surface area contributed by atoms with Crippen molar-refractivity contribution in [2.45, 2.75) is 19.4 Å². The van der Waals surface area contributed by atoms with Gasteiger partial charge >= 0.3 is 0 Å². The zero-order chi connectivity index (χ0) is 14.8. The molecule has 1 N–H and O–H groups in total. The summed E-state index contributed by atoms with van der Waals surface area (Å²) in [5.41, 5.74) is 5.37. The van der Waals surface area contributed by atoms with Crippen molar-refractivity contribution >= 4 is 5.69 Å². The van der Waals surface area contributed by atoms with Crippen molar-refractivity contribution < 1.29 is 5.11 Å². The van der Waals surface area contributed by atoms with E-state index in [0.29, 0.717) is 12.1 Å². The second-order valence-corrected chi connectivity index (χ2v) is 5.53. The molecular weight excluding hydrogens is 260 g/mol. The Balaban J connectivity index is 1.77. The van der Waals surface area contributed by atoms with Crippen LogP contribution >= 0.6 is 0 Å². The van der Waals surface area contributed by atoms with Gasteiger partial charge in [-0.25, -0.2) is 0 Å². The third-order valence-electron chi connectivity index (χ3n) is 4.11. The molecule has 2 aromatic rings. The van der Waals surface area contributed by atoms with E-state index in [9.17, 15) is 5.11 Å². The van der Waals surface area contributed by atoms with Crippen LogP contribution in [0.2, 0.25) is 0 Å². The summed E-state index contributed by atoms with van der Waals surface area (Å²) in [7, 11) is 0. The van der Waals surface area contributed by atoms with Crippen molar-refractivity contribution in [2.24, 2.45) is 0 Å². The number of benzene rings is 2. The Labute approximate surface area is 125 Å². The lowest BCUT2D eigenvalue weighted by molar-refractivity contribution is 0.184. The lowest BCUT2D eigenvalue weighted by Crippen LogP contribution is -2.27. The molecule has 0 radical (unpaired) electrons. The number of hydrogen-bond donors (Lipinski definition) is 1. The number of para-hydroxylation sites is 1. The monoisotopic (exact) mass is 278 g/mol. The smallest absolute Gasteiger partial charge is 0.0991 e. The fourth-order valence-corrected chi connectivity index (χ4v) is 3.02. The maximum atomic E-state index is 10.4. The second kappa shape index (κ2) is 5.59. The van der Waals surface area contributed by atoms with Crippen LogP contribution in [-0.2, 0) is 6.42 Å². The van der Waals surface area contributed by atoms with Gasteiger partial charge in [0, 0.05) is 18.8 Å². The summed E-state index contributed by atoms with van der Waals surface area (Å²) in [5.74, 6) is 0. The fraction of sp³-hybridized carbons (Fsp3) is 0.278. The summed E-state index contributed by atoms with van der Waals surface area (Å²) < 4.78 is 0. The Kier molecular flexibility index (Phi) is 3.64. The normalized spacial score (nSPS) is 14.6. The highest BCUT2D eigenvalue weighted by Gasteiger charge is 2.23. The van der Waals surface area contributed by atoms with E-state index in [1.807, 2.05) is 12.1 Å². The van der Waals surface area contributed by atoms with E-state index >= 15 is 0 Å². The van der Waals surface area contributed by atoms with Crippen molar-refractivity contribution in [3.05, 3.63) is 64.7 Å². The molecule has 106 valence electrons. The van der Waals surface area contributed by atoms with E-state index in [1.54, 1.807) is 12.1 Å². The number of hydrogen-bond acceptors (Lipinski definition) is 3. The predicted molar refractivity (Wildman–Crippen MR) is 83.2 cm³/mol. The van der Waals surface area contributed by atoms with Crippen LogP contribution in [0.15, 0.2) is 42.5 Å². The average molecular weight is 278 g/mol. The topological polar surface area (TPSA) is 47.3 Å². The number of rotatable bonds is 3. The van der Waals surface area contributed by atoms with Gasteiger partial charge in [0.1, 0.15) is 0 Å². The first-order chi connectivity index (χ1) is 10.2. The summed E-state index contributed by atoms with van der Waals surface area (Å²) in [6, 6.07) is 15.6. The van der Waals surface area contributed by atoms with Crippen LogP contribution < -0.4 is 4.90 Å². The van der Waals surface area contributed by atoms with Crippen LogP contribution in [0.5, 0.6) is 0 Å². The quantitative estimate of drug-likeness (QED) is 0.939. The summed E-state index contributed by atoms with van der Waals surface area (Å²) in [6.07, 6.45) is 0.500. The van der Waals surface area contributed by atoms with Gasteiger partial charge < -0.3 is 10.0 Å². The third kappa shape index (κ3) is 2.63. The van der Waals surface area contributed by atoms with Gasteiger partial charge in [0.2, 0.25) is 0 Å². The second-order valence-electron chi connectivity index (χ2n) is 5.53. The first-order valence-corrected chi connectivity index (χ1v) is 7.20. The number of β-amino-alcohol motifs (C(OH)–C–C–N with tert-alkyl or cyclic N) is 1. The Morgan fingerprint density at radius 3 is 2.71 bits per heavy atom. The third-order valence-corrected chi connectivity index (χ3v) is 4.11. The zero-order valence-electron chi connectivity index (χ0n) is 12.1. The first kappa shape index (κ1) is 13.7. The molecule has 21 heavy (non-hydrogen) atoms. The Bertz CT molecular complexity index is 685. The van der Waals surface area contributed by atoms with Crippen molar-refractivity contribution in [3.63, 3.8) is 0 Å². The minimum Gasteiger partial charge on any atom is -0.387 e. The number of nitriles is 1. The largest absolute Gasteiger partial charge is 0.387 e. The molecule has 3 rings (SSSR count). The standard InChI is InChI=1S/C18H18N2O/c1-13-3-2-4-16-9-10-20(18(13)16)12-17(21)15-7-5-14(11-19)6-8-15/h2-8,17,21H,9-10,12H2,1H3. The molecule has 1 heterocycles. The lowest BCUT2D eigenvalue weighted by atomic mass is 10.1. The molecule has 1 aliphatic rings. The number of anilines is 1. The number of nitrogens with zero attached hydrogens (tertiary/aromatic N) is 2. The van der Waals surface area contributed by atoms with E-state index < -0.39 is 6.10 Å². The Hall–Kier alpha value is -2.31. The van der Waals surface area contributed by atoms with Crippen LogP contribution in [0.4, 0.5) is 5.69 Å². The Morgan fingerprint density at radius 1 is 1.24 bits per heavy atom. The van der Waals surface area contributed by atoms with Crippen molar-refractivity contribution in [1.29, 1.82) is 5.26 Å². The van der Waals surface area contributed by atoms with E-state index in [-0.39, 0.29) is 0 Å². The Morgan fingerprint density at radius 2 is 2.00 bits per heavy atom. The van der Waals surface area contributed by atoms with Crippen molar-refractivity contribution in [1.82, 2.24) is 0 Å². The average Bonchev–Trinajstić information content (AvgIpc) is 2.92. The molecule has 0 spiro atoms. The highest BCUT2D eigenvalue weighted by Crippen LogP contribution is 2.32. The highest BCUT2D eigenvalue weighted by molar-refractivity contribution is 5.63. The zero-order valence-corrected chi connectivity index (χ0v) is 12.1. The van der Waals surface area contributed by atoms with Crippen LogP contribution in [0.1, 0.15) is 28.4 Å². The van der Waals surface area contributed by atoms with E-state index in [2.05, 4.69) is 36.1 Å². The SMILES string of the molecule is Cc1cccc2c1N(CC(O)c1ccc(C#N)cc1)CC2. The molecule has 0 saturated carbocycles. The fourth-order valence-electron chi connectivity index (χ4n) is 3.02. The predicted octanol–water partition coefficient (Wildman–Crippen LogP) is 2.96. The number of fused-ring (bicyclic) bond motifs is 1. The highest BCUT2D eigenvalue weighted by atomic mass is 16.3. The van der Waals surface area contributed by atoms with Crippen LogP contribution in [-0.4, -0.2) is 18.2 Å². The van der Waals surface area contributed by atoms with Crippen molar-refractivity contribution in [3.8, 4) is 6.07 Å². The van der Waals surface area contributed by atoms with Gasteiger partial charge in [0.05, 0.1) is 17.7 Å². The minimum atomic E-state index is -0.539. The molecule has 0 fully saturated rings. The van der Waals surface area contributed by atoms with Gasteiger partial charge in [-0.15, -0.1) is 0 Å². The summed E-state index contributed by atoms with van der Waals surface area (Å²) >= 11 is 0. The van der Waals surface area contributed by atoms with Crippen molar-refractivity contribution in [2.75, 3.05) is 18.0 Å². The molecule has 3 nitrogen and oxygen atoms in total. The van der Waals surface area contributed by atoms with Gasteiger partial charge in [-0.2, -0.15) is 5.26 Å². The van der Waals surface area contributed by atoms with Gasteiger partial charge in [-0.1, -0.05) is 30.3 Å². The lowest BCUT2D eigenvalue weighted by Gasteiger charge is -2.24. The maximum Gasteiger partial charge on any atom is 0.0991 e. The number of aryl methyl sites for hydroxylation is 1. The minimum absolute atomic E-state index is 0.539. The molecule has 2 aromatic carbocycles. The molecule has 1 atom stereocenters. The number of aliphatic hydroxyl groups is 1. The van der Waals surface area contributed by atoms with Crippen LogP contribution in [0.25, 0.3) is 0 Å². The molecular formula is C18H18N2O. The van der Waals surface area contributed by atoms with E-state index in [0.717, 1.165) is 18.5 Å². The molecule has 1 aliphatic heterocycles. The molecule has 0 aromatic heterocycles. The van der Waals surface area contributed by atoms with Gasteiger partial charge in [0.15, 0.2) is 0 Å². The summed E-state index contributed by atoms with van der Waals surface area (Å²) in [5, 5.41) is 19.3. The summed E-state index contributed by atoms with van der Waals surface area (Å²) in [4.78, 5) is 2.26. The van der Waals surface area contributed by atoms with E-state index in [4.69, 9.17) is 5.26 Å². The molecule has 0 amide bonds. The van der Waals surface area contributed by atoms with Crippen LogP contribution in [0.3, 0.4) is 0 Å². The van der Waals surface area contributed by atoms with Gasteiger partial charge in [-0.3, -0.25) is 0 Å². The number of aliphatic hydroxyl groups excluding tert-OH is 1. The maximum absolute atomic E-state index is 10.4. The molecule has 0 bridgehead atoms.